The van der Waals surface area contributed by atoms with Gasteiger partial charge in [-0.1, -0.05) is 12.1 Å². The number of methoxy groups -OCH3 is 1. The van der Waals surface area contributed by atoms with E-state index in [0.29, 0.717) is 41.6 Å². The number of hydrogen-bond donors (Lipinski definition) is 0. The van der Waals surface area contributed by atoms with E-state index in [-0.39, 0.29) is 24.8 Å². The summed E-state index contributed by atoms with van der Waals surface area (Å²) in [5, 5.41) is 9.28. The van der Waals surface area contributed by atoms with Crippen LogP contribution in [0.15, 0.2) is 36.4 Å². The molecule has 4 rings (SSSR count). The lowest BCUT2D eigenvalue weighted by molar-refractivity contribution is -0.143. The van der Waals surface area contributed by atoms with E-state index in [1.54, 1.807) is 34.1 Å². The quantitative estimate of drug-likeness (QED) is 0.423. The van der Waals surface area contributed by atoms with Gasteiger partial charge in [-0.3, -0.25) is 14.4 Å². The molecule has 194 valence electrons. The maximum absolute atomic E-state index is 13.6. The van der Waals surface area contributed by atoms with Crippen molar-refractivity contribution in [3.63, 3.8) is 0 Å². The minimum Gasteiger partial charge on any atom is -0.496 e. The first-order valence-corrected chi connectivity index (χ1v) is 12.4. The predicted molar refractivity (Wildman–Crippen MR) is 136 cm³/mol. The van der Waals surface area contributed by atoms with Crippen LogP contribution in [0.1, 0.15) is 40.2 Å². The zero-order valence-electron chi connectivity index (χ0n) is 21.4. The maximum Gasteiger partial charge on any atom is 0.290 e. The summed E-state index contributed by atoms with van der Waals surface area (Å²) >= 11 is 0. The second-order valence-corrected chi connectivity index (χ2v) is 9.83. The second kappa shape index (κ2) is 11.0. The molecule has 0 aliphatic carbocycles. The number of nitrogens with zero attached hydrogens (tertiary/aromatic N) is 4. The lowest BCUT2D eigenvalue weighted by atomic mass is 9.89. The van der Waals surface area contributed by atoms with Crippen LogP contribution >= 0.6 is 0 Å². The fraction of sp³-hybridized carbons (Fsp3) is 0.429. The minimum absolute atomic E-state index is 0.0466. The number of hydrogen-bond acceptors (Lipinski definition) is 6. The Bertz CT molecular complexity index is 1230. The molecular formula is C28H31FN4O4. The normalized spacial score (nSPS) is 17.2. The number of ether oxygens (including phenoxy) is 1. The van der Waals surface area contributed by atoms with Crippen LogP contribution in [0.3, 0.4) is 0 Å². The van der Waals surface area contributed by atoms with Crippen molar-refractivity contribution >= 4 is 23.3 Å². The Hall–Kier alpha value is -3.93. The number of rotatable bonds is 7. The molecule has 2 aromatic rings. The summed E-state index contributed by atoms with van der Waals surface area (Å²) < 4.78 is 18.8. The monoisotopic (exact) mass is 506 g/mol. The maximum atomic E-state index is 13.6. The number of carbonyl (C=O) groups is 3. The van der Waals surface area contributed by atoms with Gasteiger partial charge in [0.15, 0.2) is 0 Å². The zero-order chi connectivity index (χ0) is 26.7. The standard InChI is InChI=1S/C28H31FN4O4/c1-31(2)28(36)26(34)23-17-33(13-10-30)24-16-25(37-3)22(15-21(23)24)27(35)32-11-8-19(9-12-32)14-18-4-6-20(29)7-5-18/h4-7,15-16,19,23H,8-9,11-14,17H2,1-3H3. The van der Waals surface area contributed by atoms with Gasteiger partial charge >= 0.3 is 0 Å². The third-order valence-electron chi connectivity index (χ3n) is 7.23. The number of Topliss-reactive ketones (excluding diaryl/α,β-unsaturated/α-hetero) is 1. The highest BCUT2D eigenvalue weighted by Gasteiger charge is 2.39. The van der Waals surface area contributed by atoms with Gasteiger partial charge in [0.05, 0.1) is 24.7 Å². The molecule has 9 heteroatoms. The summed E-state index contributed by atoms with van der Waals surface area (Å²) in [4.78, 5) is 43.8. The van der Waals surface area contributed by atoms with Crippen molar-refractivity contribution in [2.75, 3.05) is 52.3 Å². The van der Waals surface area contributed by atoms with Gasteiger partial charge in [-0.25, -0.2) is 4.39 Å². The van der Waals surface area contributed by atoms with Gasteiger partial charge in [0.2, 0.25) is 5.78 Å². The van der Waals surface area contributed by atoms with Crippen molar-refractivity contribution in [3.05, 3.63) is 58.9 Å². The Morgan fingerprint density at radius 3 is 2.41 bits per heavy atom. The first kappa shape index (κ1) is 26.1. The smallest absolute Gasteiger partial charge is 0.290 e. The zero-order valence-corrected chi connectivity index (χ0v) is 21.4. The van der Waals surface area contributed by atoms with E-state index >= 15 is 0 Å². The van der Waals surface area contributed by atoms with Crippen LogP contribution in [0.5, 0.6) is 5.75 Å². The van der Waals surface area contributed by atoms with Gasteiger partial charge in [0.1, 0.15) is 18.1 Å². The second-order valence-electron chi connectivity index (χ2n) is 9.83. The molecule has 2 heterocycles. The van der Waals surface area contributed by atoms with E-state index in [9.17, 15) is 24.0 Å². The number of likely N-dealkylation sites (N-methyl/N-ethyl adjacent to an activating group) is 1. The SMILES string of the molecule is COc1cc2c(cc1C(=O)N1CCC(Cc3ccc(F)cc3)CC1)C(C(=O)C(=O)N(C)C)CN2CC#N. The van der Waals surface area contributed by atoms with E-state index in [2.05, 4.69) is 6.07 Å². The van der Waals surface area contributed by atoms with Crippen molar-refractivity contribution < 1.29 is 23.5 Å². The van der Waals surface area contributed by atoms with E-state index in [1.165, 1.54) is 38.2 Å². The van der Waals surface area contributed by atoms with Gasteiger partial charge in [0.25, 0.3) is 11.8 Å². The number of amides is 2. The van der Waals surface area contributed by atoms with Crippen LogP contribution in [-0.2, 0) is 16.0 Å². The van der Waals surface area contributed by atoms with Gasteiger partial charge in [-0.2, -0.15) is 5.26 Å². The van der Waals surface area contributed by atoms with Crippen molar-refractivity contribution in [1.29, 1.82) is 5.26 Å². The molecule has 1 fully saturated rings. The fourth-order valence-corrected chi connectivity index (χ4v) is 5.18. The molecular weight excluding hydrogens is 475 g/mol. The first-order chi connectivity index (χ1) is 17.7. The topological polar surface area (TPSA) is 93.9 Å². The van der Waals surface area contributed by atoms with E-state index in [4.69, 9.17) is 4.74 Å². The van der Waals surface area contributed by atoms with E-state index < -0.39 is 17.6 Å². The number of halogens is 1. The van der Waals surface area contributed by atoms with E-state index in [1.807, 2.05) is 0 Å². The third kappa shape index (κ3) is 5.43. The van der Waals surface area contributed by atoms with Crippen molar-refractivity contribution in [3.8, 4) is 11.8 Å². The summed E-state index contributed by atoms with van der Waals surface area (Å²) in [5.74, 6) is -1.64. The van der Waals surface area contributed by atoms with Gasteiger partial charge < -0.3 is 19.4 Å². The minimum atomic E-state index is -0.767. The number of piperidine rings is 1. The van der Waals surface area contributed by atoms with Crippen LogP contribution in [0.2, 0.25) is 0 Å². The molecule has 2 amide bonds. The molecule has 8 nitrogen and oxygen atoms in total. The van der Waals surface area contributed by atoms with Crippen LogP contribution < -0.4 is 9.64 Å². The van der Waals surface area contributed by atoms with Crippen molar-refractivity contribution in [2.24, 2.45) is 5.92 Å². The molecule has 2 aliphatic rings. The Kier molecular flexibility index (Phi) is 7.77. The highest BCUT2D eigenvalue weighted by atomic mass is 19.1. The molecule has 0 aromatic heterocycles. The number of anilines is 1. The number of likely N-dealkylation sites (tertiary alicyclic amines) is 1. The molecule has 0 radical (unpaired) electrons. The molecule has 0 N–H and O–H groups in total. The molecule has 1 unspecified atom stereocenters. The Balaban J connectivity index is 1.55. The largest absolute Gasteiger partial charge is 0.496 e. The van der Waals surface area contributed by atoms with Gasteiger partial charge in [0, 0.05) is 45.5 Å². The number of nitriles is 1. The fourth-order valence-electron chi connectivity index (χ4n) is 5.18. The average Bonchev–Trinajstić information content (AvgIpc) is 3.25. The molecule has 0 saturated carbocycles. The molecule has 0 bridgehead atoms. The highest BCUT2D eigenvalue weighted by Crippen LogP contribution is 2.41. The Morgan fingerprint density at radius 2 is 1.81 bits per heavy atom. The predicted octanol–water partition coefficient (Wildman–Crippen LogP) is 3.01. The van der Waals surface area contributed by atoms with Crippen LogP contribution in [0.4, 0.5) is 10.1 Å². The number of benzene rings is 2. The lowest BCUT2D eigenvalue weighted by Crippen LogP contribution is -2.39. The summed E-state index contributed by atoms with van der Waals surface area (Å²) in [6.45, 7) is 1.39. The van der Waals surface area contributed by atoms with Crippen molar-refractivity contribution in [1.82, 2.24) is 9.80 Å². The number of fused-ring (bicyclic) bond motifs is 1. The number of carbonyl (C=O) groups excluding carboxylic acids is 3. The third-order valence-corrected chi connectivity index (χ3v) is 7.23. The number of ketones is 1. The van der Waals surface area contributed by atoms with Crippen LogP contribution in [0.25, 0.3) is 0 Å². The van der Waals surface area contributed by atoms with Crippen LogP contribution in [-0.4, -0.2) is 74.8 Å². The highest BCUT2D eigenvalue weighted by molar-refractivity contribution is 6.38. The Morgan fingerprint density at radius 1 is 1.14 bits per heavy atom. The van der Waals surface area contributed by atoms with Gasteiger partial charge in [-0.05, 0) is 54.5 Å². The summed E-state index contributed by atoms with van der Waals surface area (Å²) in [5.41, 5.74) is 2.60. The lowest BCUT2D eigenvalue weighted by Gasteiger charge is -2.32. The van der Waals surface area contributed by atoms with Gasteiger partial charge in [-0.15, -0.1) is 0 Å². The average molecular weight is 507 g/mol. The summed E-state index contributed by atoms with van der Waals surface area (Å²) in [6, 6.07) is 12.0. The molecule has 1 atom stereocenters. The Labute approximate surface area is 216 Å². The summed E-state index contributed by atoms with van der Waals surface area (Å²) in [6.07, 6.45) is 2.48. The molecule has 1 saturated heterocycles. The first-order valence-electron chi connectivity index (χ1n) is 12.4. The summed E-state index contributed by atoms with van der Waals surface area (Å²) in [7, 11) is 4.52. The molecule has 0 spiro atoms. The van der Waals surface area contributed by atoms with E-state index in [0.717, 1.165) is 24.8 Å². The van der Waals surface area contributed by atoms with Crippen LogP contribution in [0, 0.1) is 23.1 Å². The molecule has 2 aliphatic heterocycles. The van der Waals surface area contributed by atoms with Crippen molar-refractivity contribution in [2.45, 2.75) is 25.2 Å². The molecule has 37 heavy (non-hydrogen) atoms. The molecule has 2 aromatic carbocycles.